The van der Waals surface area contributed by atoms with Crippen molar-refractivity contribution in [1.82, 2.24) is 0 Å². The van der Waals surface area contributed by atoms with Crippen molar-refractivity contribution < 1.29 is 10.0 Å². The number of nitrogens with zero attached hydrogens (tertiary/aromatic N) is 1. The van der Waals surface area contributed by atoms with Gasteiger partial charge in [0.25, 0.3) is 0 Å². The molecule has 0 aliphatic carbocycles. The standard InChI is InChI=1S/C4H9N3O2/c1-2(4(6)8)3(5)7-9/h2,9H,1H3,(H2,5,7)(H2,6,8). The zero-order valence-electron chi connectivity index (χ0n) is 5.03. The highest BCUT2D eigenvalue weighted by Crippen LogP contribution is 1.90. The summed E-state index contributed by atoms with van der Waals surface area (Å²) in [6, 6.07) is 0. The molecule has 5 heteroatoms. The lowest BCUT2D eigenvalue weighted by Crippen LogP contribution is -2.32. The highest BCUT2D eigenvalue weighted by molar-refractivity contribution is 6.00. The molecule has 0 radical (unpaired) electrons. The second-order valence-electron chi connectivity index (χ2n) is 1.65. The highest BCUT2D eigenvalue weighted by atomic mass is 16.4. The van der Waals surface area contributed by atoms with Crippen LogP contribution in [0, 0.1) is 5.92 Å². The van der Waals surface area contributed by atoms with Crippen LogP contribution >= 0.6 is 0 Å². The van der Waals surface area contributed by atoms with Gasteiger partial charge in [-0.05, 0) is 6.92 Å². The zero-order chi connectivity index (χ0) is 7.44. The average Bonchev–Trinajstić information content (AvgIpc) is 1.84. The molecule has 5 N–H and O–H groups in total. The van der Waals surface area contributed by atoms with Gasteiger partial charge in [-0.15, -0.1) is 0 Å². The number of hydrogen-bond acceptors (Lipinski definition) is 3. The van der Waals surface area contributed by atoms with Crippen LogP contribution in [0.4, 0.5) is 0 Å². The molecule has 0 aromatic rings. The number of nitrogens with two attached hydrogens (primary N) is 2. The van der Waals surface area contributed by atoms with E-state index in [0.717, 1.165) is 0 Å². The third-order valence-electron chi connectivity index (χ3n) is 0.986. The molecule has 0 heterocycles. The molecule has 1 atom stereocenters. The smallest absolute Gasteiger partial charge is 0.227 e. The van der Waals surface area contributed by atoms with E-state index in [0.29, 0.717) is 0 Å². The SMILES string of the molecule is CC(C(N)=O)C(N)=NO. The summed E-state index contributed by atoms with van der Waals surface area (Å²) in [6.07, 6.45) is 0. The molecule has 52 valence electrons. The molecule has 0 aromatic heterocycles. The van der Waals surface area contributed by atoms with Crippen LogP contribution in [0.5, 0.6) is 0 Å². The Kier molecular flexibility index (Phi) is 2.50. The van der Waals surface area contributed by atoms with Gasteiger partial charge in [0, 0.05) is 0 Å². The van der Waals surface area contributed by atoms with E-state index in [4.69, 9.17) is 16.7 Å². The first-order chi connectivity index (χ1) is 4.09. The van der Waals surface area contributed by atoms with Crippen molar-refractivity contribution in [2.45, 2.75) is 6.92 Å². The van der Waals surface area contributed by atoms with E-state index in [9.17, 15) is 4.79 Å². The Morgan fingerprint density at radius 1 is 1.67 bits per heavy atom. The van der Waals surface area contributed by atoms with E-state index in [1.165, 1.54) is 6.92 Å². The van der Waals surface area contributed by atoms with Crippen molar-refractivity contribution in [2.75, 3.05) is 0 Å². The van der Waals surface area contributed by atoms with E-state index >= 15 is 0 Å². The Bertz CT molecular complexity index is 143. The van der Waals surface area contributed by atoms with Crippen molar-refractivity contribution in [3.05, 3.63) is 0 Å². The monoisotopic (exact) mass is 131 g/mol. The molecule has 0 aliphatic rings. The topological polar surface area (TPSA) is 102 Å². The van der Waals surface area contributed by atoms with Crippen LogP contribution < -0.4 is 11.5 Å². The van der Waals surface area contributed by atoms with Crippen LogP contribution in [0.1, 0.15) is 6.92 Å². The zero-order valence-corrected chi connectivity index (χ0v) is 5.03. The fraction of sp³-hybridized carbons (Fsp3) is 0.500. The van der Waals surface area contributed by atoms with Crippen molar-refractivity contribution >= 4 is 11.7 Å². The predicted molar refractivity (Wildman–Crippen MR) is 31.8 cm³/mol. The molecule has 0 saturated heterocycles. The van der Waals surface area contributed by atoms with Crippen molar-refractivity contribution in [2.24, 2.45) is 22.5 Å². The Morgan fingerprint density at radius 3 is 2.22 bits per heavy atom. The lowest BCUT2D eigenvalue weighted by atomic mass is 10.1. The highest BCUT2D eigenvalue weighted by Gasteiger charge is 2.12. The van der Waals surface area contributed by atoms with Crippen LogP contribution in [0.2, 0.25) is 0 Å². The number of primary amides is 1. The molecule has 0 bridgehead atoms. The summed E-state index contributed by atoms with van der Waals surface area (Å²) in [6.45, 7) is 1.46. The Labute approximate surface area is 52.3 Å². The number of amides is 1. The van der Waals surface area contributed by atoms with E-state index in [-0.39, 0.29) is 5.84 Å². The number of amidine groups is 1. The molecule has 1 amide bonds. The van der Waals surface area contributed by atoms with Gasteiger partial charge in [-0.1, -0.05) is 5.16 Å². The maximum atomic E-state index is 10.2. The van der Waals surface area contributed by atoms with Gasteiger partial charge in [0.1, 0.15) is 0 Å². The minimum absolute atomic E-state index is 0.164. The Morgan fingerprint density at radius 2 is 2.11 bits per heavy atom. The van der Waals surface area contributed by atoms with Gasteiger partial charge in [-0.3, -0.25) is 4.79 Å². The number of hydrogen-bond donors (Lipinski definition) is 3. The van der Waals surface area contributed by atoms with E-state index in [2.05, 4.69) is 5.16 Å². The minimum Gasteiger partial charge on any atom is -0.409 e. The van der Waals surface area contributed by atoms with E-state index < -0.39 is 11.8 Å². The molecule has 0 saturated carbocycles. The third kappa shape index (κ3) is 1.98. The van der Waals surface area contributed by atoms with Crippen LogP contribution in [-0.2, 0) is 4.79 Å². The summed E-state index contributed by atoms with van der Waals surface area (Å²) < 4.78 is 0. The Hall–Kier alpha value is -1.26. The van der Waals surface area contributed by atoms with Gasteiger partial charge >= 0.3 is 0 Å². The first-order valence-corrected chi connectivity index (χ1v) is 2.36. The predicted octanol–water partition coefficient (Wildman–Crippen LogP) is -1.15. The fourth-order valence-electron chi connectivity index (χ4n) is 0.232. The number of carbonyl (C=O) groups is 1. The molecule has 1 unspecified atom stereocenters. The lowest BCUT2D eigenvalue weighted by molar-refractivity contribution is -0.119. The molecule has 0 spiro atoms. The van der Waals surface area contributed by atoms with Crippen LogP contribution in [0.3, 0.4) is 0 Å². The van der Waals surface area contributed by atoms with Gasteiger partial charge in [0.15, 0.2) is 5.84 Å². The van der Waals surface area contributed by atoms with Crippen molar-refractivity contribution in [1.29, 1.82) is 0 Å². The van der Waals surface area contributed by atoms with Crippen LogP contribution in [-0.4, -0.2) is 17.0 Å². The minimum atomic E-state index is -0.699. The quantitative estimate of drug-likeness (QED) is 0.191. The second-order valence-corrected chi connectivity index (χ2v) is 1.65. The van der Waals surface area contributed by atoms with Gasteiger partial charge in [0.05, 0.1) is 5.92 Å². The summed E-state index contributed by atoms with van der Waals surface area (Å²) in [4.78, 5) is 10.2. The molecule has 0 fully saturated rings. The number of carbonyl (C=O) groups excluding carboxylic acids is 1. The summed E-state index contributed by atoms with van der Waals surface area (Å²) in [7, 11) is 0. The van der Waals surface area contributed by atoms with E-state index in [1.54, 1.807) is 0 Å². The first kappa shape index (κ1) is 7.74. The first-order valence-electron chi connectivity index (χ1n) is 2.36. The lowest BCUT2D eigenvalue weighted by Gasteiger charge is -2.01. The van der Waals surface area contributed by atoms with E-state index in [1.807, 2.05) is 0 Å². The van der Waals surface area contributed by atoms with Crippen molar-refractivity contribution in [3.8, 4) is 0 Å². The number of oxime groups is 1. The van der Waals surface area contributed by atoms with Gasteiger partial charge < -0.3 is 16.7 Å². The maximum absolute atomic E-state index is 10.2. The normalized spacial score (nSPS) is 15.0. The summed E-state index contributed by atoms with van der Waals surface area (Å²) in [5, 5.41) is 10.6. The van der Waals surface area contributed by atoms with Gasteiger partial charge in [-0.25, -0.2) is 0 Å². The molecular formula is C4H9N3O2. The largest absolute Gasteiger partial charge is 0.409 e. The summed E-state index contributed by atoms with van der Waals surface area (Å²) in [5.41, 5.74) is 9.82. The molecular weight excluding hydrogens is 122 g/mol. The molecule has 0 rings (SSSR count). The van der Waals surface area contributed by atoms with Gasteiger partial charge in [-0.2, -0.15) is 0 Å². The molecule has 9 heavy (non-hydrogen) atoms. The van der Waals surface area contributed by atoms with Crippen molar-refractivity contribution in [3.63, 3.8) is 0 Å². The number of rotatable bonds is 2. The second kappa shape index (κ2) is 2.91. The maximum Gasteiger partial charge on any atom is 0.227 e. The van der Waals surface area contributed by atoms with Crippen LogP contribution in [0.25, 0.3) is 0 Å². The summed E-state index contributed by atoms with van der Waals surface area (Å²) >= 11 is 0. The van der Waals surface area contributed by atoms with Gasteiger partial charge in [0.2, 0.25) is 5.91 Å². The molecule has 0 aliphatic heterocycles. The molecule has 5 nitrogen and oxygen atoms in total. The molecule has 0 aromatic carbocycles. The van der Waals surface area contributed by atoms with Crippen LogP contribution in [0.15, 0.2) is 5.16 Å². The third-order valence-corrected chi connectivity index (χ3v) is 0.986. The summed E-state index contributed by atoms with van der Waals surface area (Å²) in [5.74, 6) is -1.47. The Balaban J connectivity index is 4.04. The fourth-order valence-corrected chi connectivity index (χ4v) is 0.232. The average molecular weight is 131 g/mol.